The number of hydrogen-bond donors (Lipinski definition) is 0. The number of hydrogen-bond acceptors (Lipinski definition) is 3. The lowest BCUT2D eigenvalue weighted by Gasteiger charge is -2.16. The van der Waals surface area contributed by atoms with E-state index in [2.05, 4.69) is 29.2 Å². The Labute approximate surface area is 127 Å². The van der Waals surface area contributed by atoms with Crippen LogP contribution in [0.25, 0.3) is 0 Å². The molecule has 1 saturated carbocycles. The van der Waals surface area contributed by atoms with Crippen molar-refractivity contribution in [2.45, 2.75) is 19.8 Å². The summed E-state index contributed by atoms with van der Waals surface area (Å²) in [5, 5.41) is 0. The van der Waals surface area contributed by atoms with Crippen LogP contribution in [0.3, 0.4) is 0 Å². The Morgan fingerprint density at radius 3 is 2.33 bits per heavy atom. The Morgan fingerprint density at radius 2 is 1.90 bits per heavy atom. The SMILES string of the molecule is CC(=O)OCC1CC2C=CC1C2.CN(C)c1ccccc1. The van der Waals surface area contributed by atoms with Gasteiger partial charge in [0.25, 0.3) is 0 Å². The fourth-order valence-electron chi connectivity index (χ4n) is 3.04. The number of carbonyl (C=O) groups is 1. The molecule has 21 heavy (non-hydrogen) atoms. The number of carbonyl (C=O) groups excluding carboxylic acids is 1. The minimum Gasteiger partial charge on any atom is -0.466 e. The van der Waals surface area contributed by atoms with Crippen LogP contribution in [-0.4, -0.2) is 26.7 Å². The normalized spacial score (nSPS) is 25.2. The van der Waals surface area contributed by atoms with Gasteiger partial charge in [0.2, 0.25) is 0 Å². The van der Waals surface area contributed by atoms with Gasteiger partial charge in [0.05, 0.1) is 6.61 Å². The van der Waals surface area contributed by atoms with Crippen molar-refractivity contribution in [1.82, 2.24) is 0 Å². The molecular formula is C18H25NO2. The van der Waals surface area contributed by atoms with Gasteiger partial charge >= 0.3 is 5.97 Å². The number of allylic oxidation sites excluding steroid dienone is 2. The highest BCUT2D eigenvalue weighted by molar-refractivity contribution is 5.65. The number of esters is 1. The van der Waals surface area contributed by atoms with E-state index in [1.54, 1.807) is 0 Å². The zero-order valence-electron chi connectivity index (χ0n) is 13.2. The van der Waals surface area contributed by atoms with Crippen LogP contribution in [-0.2, 0) is 9.53 Å². The average Bonchev–Trinajstić information content (AvgIpc) is 3.09. The second kappa shape index (κ2) is 7.30. The van der Waals surface area contributed by atoms with Gasteiger partial charge < -0.3 is 9.64 Å². The third kappa shape index (κ3) is 4.62. The average molecular weight is 287 g/mol. The van der Waals surface area contributed by atoms with Crippen LogP contribution in [0.15, 0.2) is 42.5 Å². The standard InChI is InChI=1S/C10H14O2.C8H11N/c1-7(11)12-6-10-5-8-2-3-9(10)4-8;1-9(2)8-6-4-3-5-7-8/h2-3,8-10H,4-6H2,1H3;3-7H,1-2H3. The smallest absolute Gasteiger partial charge is 0.302 e. The van der Waals surface area contributed by atoms with Crippen LogP contribution >= 0.6 is 0 Å². The third-order valence-electron chi connectivity index (χ3n) is 4.19. The number of rotatable bonds is 3. The molecule has 3 nitrogen and oxygen atoms in total. The first kappa shape index (κ1) is 15.6. The number of para-hydroxylation sites is 1. The van der Waals surface area contributed by atoms with E-state index in [-0.39, 0.29) is 5.97 Å². The summed E-state index contributed by atoms with van der Waals surface area (Å²) in [5.41, 5.74) is 1.25. The van der Waals surface area contributed by atoms with E-state index in [1.165, 1.54) is 25.5 Å². The molecule has 2 aliphatic rings. The molecule has 1 fully saturated rings. The van der Waals surface area contributed by atoms with Crippen LogP contribution in [0.4, 0.5) is 5.69 Å². The van der Waals surface area contributed by atoms with Crippen molar-refractivity contribution in [2.24, 2.45) is 17.8 Å². The van der Waals surface area contributed by atoms with E-state index in [0.717, 1.165) is 5.92 Å². The maximum atomic E-state index is 10.6. The van der Waals surface area contributed by atoms with Crippen molar-refractivity contribution in [2.75, 3.05) is 25.6 Å². The lowest BCUT2D eigenvalue weighted by atomic mass is 9.95. The first-order valence-electron chi connectivity index (χ1n) is 7.60. The van der Waals surface area contributed by atoms with Gasteiger partial charge in [-0.25, -0.2) is 0 Å². The van der Waals surface area contributed by atoms with Crippen LogP contribution in [0, 0.1) is 17.8 Å². The molecule has 0 radical (unpaired) electrons. The zero-order valence-corrected chi connectivity index (χ0v) is 13.2. The molecule has 2 bridgehead atoms. The van der Waals surface area contributed by atoms with E-state index >= 15 is 0 Å². The molecule has 3 unspecified atom stereocenters. The number of nitrogens with zero attached hydrogens (tertiary/aromatic N) is 1. The quantitative estimate of drug-likeness (QED) is 0.629. The Morgan fingerprint density at radius 1 is 1.19 bits per heavy atom. The van der Waals surface area contributed by atoms with Crippen LogP contribution < -0.4 is 4.90 Å². The van der Waals surface area contributed by atoms with E-state index in [0.29, 0.717) is 18.4 Å². The van der Waals surface area contributed by atoms with Crippen LogP contribution in [0.5, 0.6) is 0 Å². The van der Waals surface area contributed by atoms with Gasteiger partial charge in [-0.15, -0.1) is 0 Å². The molecular weight excluding hydrogens is 262 g/mol. The highest BCUT2D eigenvalue weighted by atomic mass is 16.5. The maximum Gasteiger partial charge on any atom is 0.302 e. The number of benzene rings is 1. The molecule has 3 heteroatoms. The lowest BCUT2D eigenvalue weighted by Crippen LogP contribution is -2.16. The molecule has 0 saturated heterocycles. The Balaban J connectivity index is 0.000000161. The summed E-state index contributed by atoms with van der Waals surface area (Å²) in [7, 11) is 4.07. The van der Waals surface area contributed by atoms with Crippen molar-refractivity contribution in [3.8, 4) is 0 Å². The second-order valence-electron chi connectivity index (χ2n) is 6.07. The molecule has 0 spiro atoms. The summed E-state index contributed by atoms with van der Waals surface area (Å²) in [6, 6.07) is 10.3. The minimum atomic E-state index is -0.151. The fraction of sp³-hybridized carbons (Fsp3) is 0.500. The minimum absolute atomic E-state index is 0.151. The van der Waals surface area contributed by atoms with Gasteiger partial charge in [-0.2, -0.15) is 0 Å². The van der Waals surface area contributed by atoms with Gasteiger partial charge in [-0.3, -0.25) is 4.79 Å². The van der Waals surface area contributed by atoms with Crippen molar-refractivity contribution >= 4 is 11.7 Å². The molecule has 0 aliphatic heterocycles. The van der Waals surface area contributed by atoms with Gasteiger partial charge in [0.1, 0.15) is 0 Å². The van der Waals surface area contributed by atoms with E-state index < -0.39 is 0 Å². The largest absolute Gasteiger partial charge is 0.466 e. The number of fused-ring (bicyclic) bond motifs is 2. The molecule has 0 N–H and O–H groups in total. The van der Waals surface area contributed by atoms with Gasteiger partial charge in [0.15, 0.2) is 0 Å². The molecule has 114 valence electrons. The first-order valence-corrected chi connectivity index (χ1v) is 7.60. The van der Waals surface area contributed by atoms with Crippen molar-refractivity contribution < 1.29 is 9.53 Å². The number of anilines is 1. The predicted octanol–water partition coefficient (Wildman–Crippen LogP) is 3.51. The highest BCUT2D eigenvalue weighted by Gasteiger charge is 2.35. The van der Waals surface area contributed by atoms with Gasteiger partial charge in [-0.1, -0.05) is 30.4 Å². The van der Waals surface area contributed by atoms with E-state index in [1.807, 2.05) is 32.3 Å². The topological polar surface area (TPSA) is 29.5 Å². The molecule has 2 aliphatic carbocycles. The Kier molecular flexibility index (Phi) is 5.43. The van der Waals surface area contributed by atoms with E-state index in [9.17, 15) is 4.79 Å². The summed E-state index contributed by atoms with van der Waals surface area (Å²) in [6.07, 6.45) is 7.08. The molecule has 1 aromatic rings. The van der Waals surface area contributed by atoms with Gasteiger partial charge in [0, 0.05) is 26.7 Å². The van der Waals surface area contributed by atoms with Gasteiger partial charge in [-0.05, 0) is 42.7 Å². The Bertz CT molecular complexity index is 481. The maximum absolute atomic E-state index is 10.6. The molecule has 1 aromatic carbocycles. The van der Waals surface area contributed by atoms with Crippen LogP contribution in [0.1, 0.15) is 19.8 Å². The first-order chi connectivity index (χ1) is 10.1. The van der Waals surface area contributed by atoms with Crippen molar-refractivity contribution in [3.63, 3.8) is 0 Å². The predicted molar refractivity (Wildman–Crippen MR) is 86.2 cm³/mol. The Hall–Kier alpha value is -1.77. The van der Waals surface area contributed by atoms with E-state index in [4.69, 9.17) is 4.74 Å². The highest BCUT2D eigenvalue weighted by Crippen LogP contribution is 2.43. The number of ether oxygens (including phenoxy) is 1. The summed E-state index contributed by atoms with van der Waals surface area (Å²) in [6.45, 7) is 2.10. The van der Waals surface area contributed by atoms with Crippen LogP contribution in [0.2, 0.25) is 0 Å². The molecule has 0 aromatic heterocycles. The molecule has 0 amide bonds. The summed E-state index contributed by atoms with van der Waals surface area (Å²) >= 11 is 0. The monoisotopic (exact) mass is 287 g/mol. The zero-order chi connectivity index (χ0) is 15.2. The second-order valence-corrected chi connectivity index (χ2v) is 6.07. The summed E-state index contributed by atoms with van der Waals surface area (Å²) in [4.78, 5) is 12.6. The summed E-state index contributed by atoms with van der Waals surface area (Å²) < 4.78 is 5.01. The molecule has 3 rings (SSSR count). The summed E-state index contributed by atoms with van der Waals surface area (Å²) in [5.74, 6) is 1.91. The van der Waals surface area contributed by atoms with Crippen molar-refractivity contribution in [3.05, 3.63) is 42.5 Å². The molecule has 3 atom stereocenters. The fourth-order valence-corrected chi connectivity index (χ4v) is 3.04. The molecule has 0 heterocycles. The lowest BCUT2D eigenvalue weighted by molar-refractivity contribution is -0.142. The van der Waals surface area contributed by atoms with Crippen molar-refractivity contribution in [1.29, 1.82) is 0 Å². The third-order valence-corrected chi connectivity index (χ3v) is 4.19.